The van der Waals surface area contributed by atoms with Gasteiger partial charge in [-0.1, -0.05) is 24.6 Å². The highest BCUT2D eigenvalue weighted by molar-refractivity contribution is 6.30. The summed E-state index contributed by atoms with van der Waals surface area (Å²) in [5, 5.41) is 11.0. The summed E-state index contributed by atoms with van der Waals surface area (Å²) in [6.07, 6.45) is 0. The lowest BCUT2D eigenvalue weighted by Crippen LogP contribution is -2.13. The molecule has 0 atom stereocenters. The van der Waals surface area contributed by atoms with Gasteiger partial charge in [0, 0.05) is 12.6 Å². The number of nitrogens with one attached hydrogen (secondary N) is 1. The van der Waals surface area contributed by atoms with Crippen molar-refractivity contribution in [2.75, 3.05) is 6.54 Å². The van der Waals surface area contributed by atoms with Crippen LogP contribution in [0.5, 0.6) is 11.6 Å². The summed E-state index contributed by atoms with van der Waals surface area (Å²) in [5.74, 6) is -0.356. The van der Waals surface area contributed by atoms with E-state index in [1.165, 1.54) is 12.1 Å². The van der Waals surface area contributed by atoms with Crippen molar-refractivity contribution in [2.24, 2.45) is 0 Å². The summed E-state index contributed by atoms with van der Waals surface area (Å²) in [7, 11) is 0. The average molecular weight is 282 g/mol. The Labute approximate surface area is 115 Å². The molecule has 1 N–H and O–H groups in total. The molecule has 0 radical (unpaired) electrons. The zero-order chi connectivity index (χ0) is 13.7. The van der Waals surface area contributed by atoms with Gasteiger partial charge in [-0.25, -0.2) is 4.39 Å². The highest BCUT2D eigenvalue weighted by atomic mass is 35.5. The van der Waals surface area contributed by atoms with Crippen molar-refractivity contribution in [3.63, 3.8) is 0 Å². The molecule has 0 aliphatic heterocycles. The number of hydrogen-bond donors (Lipinski definition) is 1. The van der Waals surface area contributed by atoms with Gasteiger partial charge in [0.2, 0.25) is 5.88 Å². The Morgan fingerprint density at radius 1 is 1.26 bits per heavy atom. The van der Waals surface area contributed by atoms with E-state index in [4.69, 9.17) is 16.3 Å². The largest absolute Gasteiger partial charge is 0.434 e. The van der Waals surface area contributed by atoms with Gasteiger partial charge in [-0.3, -0.25) is 0 Å². The molecule has 6 heteroatoms. The maximum atomic E-state index is 13.6. The number of nitrogens with zero attached hydrogens (tertiary/aromatic N) is 2. The first kappa shape index (κ1) is 13.7. The smallest absolute Gasteiger partial charge is 0.239 e. The standard InChI is InChI=1S/C13H13ClFN3O/c1-2-16-8-9-6-7-12(18-17-9)19-11-5-3-4-10(14)13(11)15/h3-7,16H,2,8H2,1H3. The molecule has 2 rings (SSSR count). The van der Waals surface area contributed by atoms with Gasteiger partial charge < -0.3 is 10.1 Å². The monoisotopic (exact) mass is 281 g/mol. The number of ether oxygens (including phenoxy) is 1. The lowest BCUT2D eigenvalue weighted by Gasteiger charge is -2.06. The Hall–Kier alpha value is -1.72. The second-order valence-electron chi connectivity index (χ2n) is 3.80. The normalized spacial score (nSPS) is 10.5. The van der Waals surface area contributed by atoms with Crippen LogP contribution in [0, 0.1) is 5.82 Å². The van der Waals surface area contributed by atoms with Crippen LogP contribution in [0.25, 0.3) is 0 Å². The molecule has 19 heavy (non-hydrogen) atoms. The zero-order valence-electron chi connectivity index (χ0n) is 10.4. The summed E-state index contributed by atoms with van der Waals surface area (Å²) >= 11 is 5.66. The minimum atomic E-state index is -0.609. The van der Waals surface area contributed by atoms with Crippen LogP contribution in [0.3, 0.4) is 0 Å². The number of hydrogen-bond acceptors (Lipinski definition) is 4. The fraction of sp³-hybridized carbons (Fsp3) is 0.231. The van der Waals surface area contributed by atoms with E-state index in [1.54, 1.807) is 18.2 Å². The predicted octanol–water partition coefficient (Wildman–Crippen LogP) is 3.17. The topological polar surface area (TPSA) is 47.0 Å². The summed E-state index contributed by atoms with van der Waals surface area (Å²) in [6.45, 7) is 3.50. The van der Waals surface area contributed by atoms with Gasteiger partial charge in [-0.05, 0) is 24.7 Å². The van der Waals surface area contributed by atoms with Gasteiger partial charge in [0.25, 0.3) is 0 Å². The Morgan fingerprint density at radius 2 is 2.11 bits per heavy atom. The fourth-order valence-corrected chi connectivity index (χ4v) is 1.59. The van der Waals surface area contributed by atoms with Crippen molar-refractivity contribution in [3.05, 3.63) is 46.9 Å². The highest BCUT2D eigenvalue weighted by Crippen LogP contribution is 2.27. The molecule has 0 aliphatic carbocycles. The molecular weight excluding hydrogens is 269 g/mol. The van der Waals surface area contributed by atoms with Crippen LogP contribution in [-0.2, 0) is 6.54 Å². The molecule has 1 aromatic carbocycles. The van der Waals surface area contributed by atoms with Crippen LogP contribution in [0.15, 0.2) is 30.3 Å². The van der Waals surface area contributed by atoms with E-state index in [9.17, 15) is 4.39 Å². The van der Waals surface area contributed by atoms with E-state index in [2.05, 4.69) is 15.5 Å². The van der Waals surface area contributed by atoms with Gasteiger partial charge in [0.1, 0.15) is 0 Å². The molecule has 1 heterocycles. The maximum Gasteiger partial charge on any atom is 0.239 e. The Kier molecular flexibility index (Phi) is 4.65. The summed E-state index contributed by atoms with van der Waals surface area (Å²) in [6, 6.07) is 7.95. The summed E-state index contributed by atoms with van der Waals surface area (Å²) < 4.78 is 18.9. The quantitative estimate of drug-likeness (QED) is 0.914. The molecule has 0 fully saturated rings. The van der Waals surface area contributed by atoms with Crippen LogP contribution in [0.1, 0.15) is 12.6 Å². The van der Waals surface area contributed by atoms with Gasteiger partial charge in [-0.2, -0.15) is 5.10 Å². The van der Waals surface area contributed by atoms with Crippen molar-refractivity contribution < 1.29 is 9.13 Å². The van der Waals surface area contributed by atoms with Crippen molar-refractivity contribution in [1.29, 1.82) is 0 Å². The lowest BCUT2D eigenvalue weighted by atomic mass is 10.3. The van der Waals surface area contributed by atoms with Crippen LogP contribution in [-0.4, -0.2) is 16.7 Å². The molecule has 0 amide bonds. The Bertz CT molecular complexity index is 548. The van der Waals surface area contributed by atoms with Crippen molar-refractivity contribution in [2.45, 2.75) is 13.5 Å². The molecule has 2 aromatic rings. The minimum Gasteiger partial charge on any atom is -0.434 e. The second-order valence-corrected chi connectivity index (χ2v) is 4.20. The average Bonchev–Trinajstić information content (AvgIpc) is 2.43. The van der Waals surface area contributed by atoms with E-state index >= 15 is 0 Å². The van der Waals surface area contributed by atoms with Crippen LogP contribution < -0.4 is 10.1 Å². The second kappa shape index (κ2) is 6.45. The van der Waals surface area contributed by atoms with E-state index in [-0.39, 0.29) is 16.7 Å². The van der Waals surface area contributed by atoms with Crippen LogP contribution in [0.2, 0.25) is 5.02 Å². The number of aromatic nitrogens is 2. The first-order valence-corrected chi connectivity index (χ1v) is 6.23. The third-order valence-corrected chi connectivity index (χ3v) is 2.67. The van der Waals surface area contributed by atoms with E-state index in [0.29, 0.717) is 6.54 Å². The van der Waals surface area contributed by atoms with Crippen molar-refractivity contribution >= 4 is 11.6 Å². The molecule has 100 valence electrons. The minimum absolute atomic E-state index is 0.00854. The molecular formula is C13H13ClFN3O. The fourth-order valence-electron chi connectivity index (χ4n) is 1.42. The first-order valence-electron chi connectivity index (χ1n) is 5.86. The Morgan fingerprint density at radius 3 is 2.79 bits per heavy atom. The molecule has 0 aliphatic rings. The zero-order valence-corrected chi connectivity index (χ0v) is 11.1. The highest BCUT2D eigenvalue weighted by Gasteiger charge is 2.09. The molecule has 0 unspecified atom stereocenters. The number of halogens is 2. The number of rotatable bonds is 5. The SMILES string of the molecule is CCNCc1ccc(Oc2cccc(Cl)c2F)nn1. The molecule has 0 spiro atoms. The predicted molar refractivity (Wildman–Crippen MR) is 70.9 cm³/mol. The molecule has 1 aromatic heterocycles. The van der Waals surface area contributed by atoms with Gasteiger partial charge in [0.05, 0.1) is 10.7 Å². The van der Waals surface area contributed by atoms with Gasteiger partial charge >= 0.3 is 0 Å². The molecule has 4 nitrogen and oxygen atoms in total. The van der Waals surface area contributed by atoms with E-state index in [0.717, 1.165) is 12.2 Å². The van der Waals surface area contributed by atoms with Crippen LogP contribution in [0.4, 0.5) is 4.39 Å². The van der Waals surface area contributed by atoms with E-state index in [1.807, 2.05) is 6.92 Å². The van der Waals surface area contributed by atoms with Crippen LogP contribution >= 0.6 is 11.6 Å². The maximum absolute atomic E-state index is 13.6. The third-order valence-electron chi connectivity index (χ3n) is 2.38. The van der Waals surface area contributed by atoms with Gasteiger partial charge in [0.15, 0.2) is 11.6 Å². The molecule has 0 saturated heterocycles. The summed E-state index contributed by atoms with van der Waals surface area (Å²) in [4.78, 5) is 0. The van der Waals surface area contributed by atoms with Crippen molar-refractivity contribution in [1.82, 2.24) is 15.5 Å². The lowest BCUT2D eigenvalue weighted by molar-refractivity contribution is 0.421. The van der Waals surface area contributed by atoms with E-state index < -0.39 is 5.82 Å². The molecule has 0 saturated carbocycles. The number of benzene rings is 1. The van der Waals surface area contributed by atoms with Gasteiger partial charge in [-0.15, -0.1) is 5.10 Å². The van der Waals surface area contributed by atoms with Crippen molar-refractivity contribution in [3.8, 4) is 11.6 Å². The summed E-state index contributed by atoms with van der Waals surface area (Å²) in [5.41, 5.74) is 0.792. The Balaban J connectivity index is 2.09. The first-order chi connectivity index (χ1) is 9.20. The molecule has 0 bridgehead atoms. The third kappa shape index (κ3) is 3.62.